The van der Waals surface area contributed by atoms with E-state index >= 15 is 0 Å². The van der Waals surface area contributed by atoms with Crippen LogP contribution in [-0.2, 0) is 24.1 Å². The molecule has 1 N–H and O–H groups in total. The first kappa shape index (κ1) is 19.2. The van der Waals surface area contributed by atoms with Crippen LogP contribution in [0.2, 0.25) is 0 Å². The first-order valence-corrected chi connectivity index (χ1v) is 9.72. The highest BCUT2D eigenvalue weighted by Gasteiger charge is 2.25. The molecule has 2 aromatic heterocycles. The number of carbonyl (C=O) groups is 1. The van der Waals surface area contributed by atoms with Gasteiger partial charge in [-0.2, -0.15) is 10.2 Å². The van der Waals surface area contributed by atoms with Gasteiger partial charge in [-0.1, -0.05) is 12.1 Å². The molecule has 0 atom stereocenters. The van der Waals surface area contributed by atoms with Crippen molar-refractivity contribution >= 4 is 5.91 Å². The van der Waals surface area contributed by atoms with Crippen LogP contribution in [0, 0.1) is 0 Å². The molecule has 1 aliphatic heterocycles. The Morgan fingerprint density at radius 2 is 2.00 bits per heavy atom. The lowest BCUT2D eigenvalue weighted by Crippen LogP contribution is -2.33. The Morgan fingerprint density at radius 1 is 1.17 bits per heavy atom. The van der Waals surface area contributed by atoms with Gasteiger partial charge in [0.25, 0.3) is 5.91 Å². The number of rotatable bonds is 6. The number of nitrogens with one attached hydrogen (secondary N) is 1. The zero-order chi connectivity index (χ0) is 20.2. The summed E-state index contributed by atoms with van der Waals surface area (Å²) in [5.41, 5.74) is 4.55. The van der Waals surface area contributed by atoms with Gasteiger partial charge in [0, 0.05) is 49.6 Å². The highest BCUT2D eigenvalue weighted by Crippen LogP contribution is 2.33. The second kappa shape index (κ2) is 8.48. The molecule has 0 saturated carbocycles. The Balaban J connectivity index is 1.51. The number of carbonyl (C=O) groups excluding carboxylic acids is 1. The predicted molar refractivity (Wildman–Crippen MR) is 108 cm³/mol. The second-order valence-corrected chi connectivity index (χ2v) is 6.98. The first-order valence-electron chi connectivity index (χ1n) is 9.72. The Hall–Kier alpha value is -3.13. The molecule has 8 heteroatoms. The molecule has 3 aromatic rings. The lowest BCUT2D eigenvalue weighted by Gasteiger charge is -2.19. The van der Waals surface area contributed by atoms with Crippen LogP contribution in [0.3, 0.4) is 0 Å². The maximum absolute atomic E-state index is 12.9. The number of benzene rings is 1. The summed E-state index contributed by atoms with van der Waals surface area (Å²) in [5.74, 6) is 0.749. The fraction of sp³-hybridized carbons (Fsp3) is 0.381. The summed E-state index contributed by atoms with van der Waals surface area (Å²) in [7, 11) is 3.31. The van der Waals surface area contributed by atoms with E-state index in [1.807, 2.05) is 35.4 Å². The Bertz CT molecular complexity index is 994. The van der Waals surface area contributed by atoms with Gasteiger partial charge in [0.1, 0.15) is 11.4 Å². The Morgan fingerprint density at radius 3 is 2.83 bits per heavy atom. The molecule has 8 nitrogen and oxygen atoms in total. The number of para-hydroxylation sites is 1. The molecular weight excluding hydrogens is 370 g/mol. The summed E-state index contributed by atoms with van der Waals surface area (Å²) in [4.78, 5) is 14.8. The molecule has 1 aromatic carbocycles. The highest BCUT2D eigenvalue weighted by molar-refractivity contribution is 5.92. The molecule has 4 rings (SSSR count). The number of amides is 1. The Kier molecular flexibility index (Phi) is 5.62. The van der Waals surface area contributed by atoms with Gasteiger partial charge in [-0.05, 0) is 24.6 Å². The maximum Gasteiger partial charge on any atom is 0.274 e. The minimum atomic E-state index is -0.0434. The molecule has 0 bridgehead atoms. The van der Waals surface area contributed by atoms with Crippen molar-refractivity contribution in [3.63, 3.8) is 0 Å². The van der Waals surface area contributed by atoms with Crippen LogP contribution >= 0.6 is 0 Å². The van der Waals surface area contributed by atoms with Crippen molar-refractivity contribution in [3.05, 3.63) is 53.5 Å². The number of H-pyrrole nitrogens is 1. The number of aromatic amines is 1. The number of aromatic nitrogens is 4. The van der Waals surface area contributed by atoms with Crippen molar-refractivity contribution < 1.29 is 14.3 Å². The number of nitrogens with zero attached hydrogens (tertiary/aromatic N) is 4. The minimum absolute atomic E-state index is 0.0434. The van der Waals surface area contributed by atoms with Crippen molar-refractivity contribution in [2.24, 2.45) is 0 Å². The van der Waals surface area contributed by atoms with Crippen molar-refractivity contribution in [1.82, 2.24) is 24.9 Å². The fourth-order valence-corrected chi connectivity index (χ4v) is 3.70. The largest absolute Gasteiger partial charge is 0.496 e. The number of ether oxygens (including phenoxy) is 2. The van der Waals surface area contributed by atoms with Crippen LogP contribution in [0.1, 0.15) is 21.7 Å². The van der Waals surface area contributed by atoms with E-state index in [9.17, 15) is 4.79 Å². The molecule has 0 fully saturated rings. The third-order valence-corrected chi connectivity index (χ3v) is 5.25. The minimum Gasteiger partial charge on any atom is -0.496 e. The van der Waals surface area contributed by atoms with Crippen LogP contribution in [0.5, 0.6) is 5.75 Å². The van der Waals surface area contributed by atoms with Gasteiger partial charge >= 0.3 is 0 Å². The fourth-order valence-electron chi connectivity index (χ4n) is 3.70. The van der Waals surface area contributed by atoms with Crippen LogP contribution in [-0.4, -0.2) is 64.7 Å². The van der Waals surface area contributed by atoms with Gasteiger partial charge in [0.15, 0.2) is 0 Å². The molecule has 1 aliphatic rings. The number of methoxy groups -OCH3 is 2. The van der Waals surface area contributed by atoms with Gasteiger partial charge in [-0.25, -0.2) is 0 Å². The van der Waals surface area contributed by atoms with E-state index < -0.39 is 0 Å². The molecule has 0 saturated heterocycles. The van der Waals surface area contributed by atoms with Crippen molar-refractivity contribution in [1.29, 1.82) is 0 Å². The summed E-state index contributed by atoms with van der Waals surface area (Å²) >= 11 is 0. The zero-order valence-electron chi connectivity index (χ0n) is 16.7. The van der Waals surface area contributed by atoms with Gasteiger partial charge in [0.05, 0.1) is 26.0 Å². The molecule has 0 aliphatic carbocycles. The maximum atomic E-state index is 12.9. The topological polar surface area (TPSA) is 85.3 Å². The van der Waals surface area contributed by atoms with Crippen molar-refractivity contribution in [2.75, 3.05) is 33.9 Å². The monoisotopic (exact) mass is 395 g/mol. The van der Waals surface area contributed by atoms with Gasteiger partial charge in [0.2, 0.25) is 0 Å². The van der Waals surface area contributed by atoms with Crippen LogP contribution in [0.4, 0.5) is 0 Å². The van der Waals surface area contributed by atoms with Gasteiger partial charge in [-0.15, -0.1) is 0 Å². The summed E-state index contributed by atoms with van der Waals surface area (Å²) in [6.45, 7) is 2.44. The number of hydrogen-bond acceptors (Lipinski definition) is 5. The van der Waals surface area contributed by atoms with Gasteiger partial charge < -0.3 is 14.4 Å². The SMILES string of the molecule is COCCn1ccc(C(=O)N2CCc3[nH]nc(-c4ccccc4OC)c3CC2)n1. The molecule has 3 heterocycles. The van der Waals surface area contributed by atoms with Gasteiger partial charge in [-0.3, -0.25) is 14.6 Å². The van der Waals surface area contributed by atoms with E-state index in [1.165, 1.54) is 0 Å². The van der Waals surface area contributed by atoms with E-state index in [-0.39, 0.29) is 5.91 Å². The van der Waals surface area contributed by atoms with Crippen LogP contribution < -0.4 is 4.74 Å². The van der Waals surface area contributed by atoms with Crippen LogP contribution in [0.15, 0.2) is 36.5 Å². The van der Waals surface area contributed by atoms with E-state index in [2.05, 4.69) is 15.3 Å². The third kappa shape index (κ3) is 3.88. The zero-order valence-corrected chi connectivity index (χ0v) is 16.7. The summed E-state index contributed by atoms with van der Waals surface area (Å²) in [6, 6.07) is 9.63. The molecule has 0 spiro atoms. The molecule has 1 amide bonds. The predicted octanol–water partition coefficient (Wildman–Crippen LogP) is 2.17. The summed E-state index contributed by atoms with van der Waals surface area (Å²) in [5, 5.41) is 12.1. The smallest absolute Gasteiger partial charge is 0.274 e. The highest BCUT2D eigenvalue weighted by atomic mass is 16.5. The van der Waals surface area contributed by atoms with E-state index in [4.69, 9.17) is 9.47 Å². The quantitative estimate of drug-likeness (QED) is 0.691. The standard InChI is InChI=1S/C21H25N5O3/c1-28-14-13-26-12-9-18(24-26)21(27)25-10-7-15-17(8-11-25)22-23-20(15)16-5-3-4-6-19(16)29-2/h3-6,9,12H,7-8,10-11,13-14H2,1-2H3,(H,22,23). The second-order valence-electron chi connectivity index (χ2n) is 6.98. The molecule has 152 valence electrons. The van der Waals surface area contributed by atoms with E-state index in [1.54, 1.807) is 25.0 Å². The Labute approximate surface area is 169 Å². The molecule has 29 heavy (non-hydrogen) atoms. The number of fused-ring (bicyclic) bond motifs is 1. The lowest BCUT2D eigenvalue weighted by atomic mass is 10.0. The summed E-state index contributed by atoms with van der Waals surface area (Å²) in [6.07, 6.45) is 3.28. The molecule has 0 unspecified atom stereocenters. The van der Waals surface area contributed by atoms with Crippen LogP contribution in [0.25, 0.3) is 11.3 Å². The van der Waals surface area contributed by atoms with Crippen molar-refractivity contribution in [2.45, 2.75) is 19.4 Å². The summed E-state index contributed by atoms with van der Waals surface area (Å²) < 4.78 is 12.3. The molecule has 0 radical (unpaired) electrons. The average Bonchev–Trinajstić information content (AvgIpc) is 3.34. The third-order valence-electron chi connectivity index (χ3n) is 5.25. The number of hydrogen-bond donors (Lipinski definition) is 1. The molecular formula is C21H25N5O3. The van der Waals surface area contributed by atoms with Crippen molar-refractivity contribution in [3.8, 4) is 17.0 Å². The average molecular weight is 395 g/mol. The van der Waals surface area contributed by atoms with E-state index in [0.717, 1.165) is 41.1 Å². The first-order chi connectivity index (χ1) is 14.2. The normalized spacial score (nSPS) is 13.8. The lowest BCUT2D eigenvalue weighted by molar-refractivity contribution is 0.0755. The van der Waals surface area contributed by atoms with E-state index in [0.29, 0.717) is 31.9 Å².